The molecule has 0 bridgehead atoms. The summed E-state index contributed by atoms with van der Waals surface area (Å²) in [5, 5.41) is 21.1. The SMILES string of the molecule is CC(=O)OC1O[C@H]([C@@H](C)OC(=O)c2ccc([N+](=O)[O-])cc2)[C@@H](OC(=O)c2ccccc2)[C@@]1(C)OC(=O)c1ccccc1.CO[C@H]1O[C@H](C(C)O)[C@@H](OC(=O)c2ccccc2)[C@@]1(C)OC(=O)c1ccccc1. The molecule has 0 spiro atoms. The molecule has 5 aromatic rings. The van der Waals surface area contributed by atoms with Crippen molar-refractivity contribution >= 4 is 41.5 Å². The van der Waals surface area contributed by atoms with Gasteiger partial charge in [-0.25, -0.2) is 24.0 Å². The van der Waals surface area contributed by atoms with Crippen LogP contribution in [0.1, 0.15) is 86.4 Å². The van der Waals surface area contributed by atoms with E-state index < -0.39 is 101 Å². The minimum atomic E-state index is -1.89. The number of non-ortho nitro benzene ring substituents is 1. The highest BCUT2D eigenvalue weighted by Gasteiger charge is 2.63. The number of aliphatic hydroxyl groups excluding tert-OH is 1. The first kappa shape index (κ1) is 52.5. The quantitative estimate of drug-likeness (QED) is 0.0487. The molecular formula is C52H51NO18. The Morgan fingerprint density at radius 3 is 1.30 bits per heavy atom. The van der Waals surface area contributed by atoms with Gasteiger partial charge in [-0.3, -0.25) is 14.9 Å². The van der Waals surface area contributed by atoms with Crippen molar-refractivity contribution in [2.75, 3.05) is 7.11 Å². The predicted octanol–water partition coefficient (Wildman–Crippen LogP) is 6.85. The third-order valence-electron chi connectivity index (χ3n) is 11.4. The lowest BCUT2D eigenvalue weighted by molar-refractivity contribution is -0.384. The van der Waals surface area contributed by atoms with E-state index in [0.717, 1.165) is 19.1 Å². The van der Waals surface area contributed by atoms with Gasteiger partial charge in [-0.2, -0.15) is 0 Å². The summed E-state index contributed by atoms with van der Waals surface area (Å²) in [6.07, 6.45) is -9.49. The molecule has 0 aliphatic carbocycles. The van der Waals surface area contributed by atoms with Gasteiger partial charge in [0, 0.05) is 26.2 Å². The van der Waals surface area contributed by atoms with Gasteiger partial charge in [-0.15, -0.1) is 0 Å². The highest BCUT2D eigenvalue weighted by atomic mass is 16.8. The lowest BCUT2D eigenvalue weighted by Crippen LogP contribution is -2.53. The summed E-state index contributed by atoms with van der Waals surface area (Å²) >= 11 is 0. The molecule has 0 radical (unpaired) electrons. The number of ether oxygens (including phenoxy) is 9. The highest BCUT2D eigenvalue weighted by Crippen LogP contribution is 2.42. The van der Waals surface area contributed by atoms with Crippen molar-refractivity contribution in [2.24, 2.45) is 0 Å². The Bertz CT molecular complexity index is 2650. The summed E-state index contributed by atoms with van der Waals surface area (Å²) in [7, 11) is 1.39. The second kappa shape index (κ2) is 23.2. The molecule has 10 atom stereocenters. The van der Waals surface area contributed by atoms with E-state index in [4.69, 9.17) is 42.6 Å². The Balaban J connectivity index is 0.000000249. The van der Waals surface area contributed by atoms with E-state index in [1.165, 1.54) is 64.3 Å². The molecule has 2 heterocycles. The first-order valence-electron chi connectivity index (χ1n) is 22.1. The molecule has 2 aliphatic rings. The molecule has 2 saturated heterocycles. The maximum absolute atomic E-state index is 13.2. The van der Waals surface area contributed by atoms with Gasteiger partial charge >= 0.3 is 35.8 Å². The molecule has 1 N–H and O–H groups in total. The zero-order valence-corrected chi connectivity index (χ0v) is 39.3. The standard InChI is InChI=1S/C30H27NO11.C22H24O7/c1-18(38-26(33)22-14-16-23(17-15-22)31(36)37)24-25(41-27(34)20-10-6-4-7-11-20)30(3,29(40-24)39-19(2)32)42-28(35)21-12-8-5-9-13-21;1-14(23)17-18(28-19(24)15-10-6-4-7-11-15)22(2,21(26-3)27-17)29-20(25)16-12-8-5-9-13-16/h4-18,24-25,29H,1-3H3;4-14,17-18,21,23H,1-3H3/t18-,24-,25-,29?,30-;14?,17-,18-,21+,22-/m11/s1. The molecule has 2 fully saturated rings. The van der Waals surface area contributed by atoms with Crippen LogP contribution in [0, 0.1) is 10.1 Å². The molecule has 19 heteroatoms. The number of nitro benzene ring substituents is 1. The van der Waals surface area contributed by atoms with Crippen molar-refractivity contribution in [3.8, 4) is 0 Å². The first-order chi connectivity index (χ1) is 33.9. The van der Waals surface area contributed by atoms with Gasteiger partial charge in [0.2, 0.25) is 18.2 Å². The third-order valence-corrected chi connectivity index (χ3v) is 11.4. The summed E-state index contributed by atoms with van der Waals surface area (Å²) in [5.41, 5.74) is -2.55. The second-order valence-corrected chi connectivity index (χ2v) is 16.6. The molecule has 71 heavy (non-hydrogen) atoms. The molecule has 5 aromatic carbocycles. The average Bonchev–Trinajstić information content (AvgIpc) is 3.79. The zero-order chi connectivity index (χ0) is 51.5. The molecule has 372 valence electrons. The Kier molecular flexibility index (Phi) is 17.1. The smallest absolute Gasteiger partial charge is 0.339 e. The van der Waals surface area contributed by atoms with Gasteiger partial charge in [-0.05, 0) is 88.4 Å². The maximum Gasteiger partial charge on any atom is 0.339 e. The fourth-order valence-electron chi connectivity index (χ4n) is 7.71. The van der Waals surface area contributed by atoms with Crippen molar-refractivity contribution < 1.29 is 81.4 Å². The minimum Gasteiger partial charge on any atom is -0.456 e. The summed E-state index contributed by atoms with van der Waals surface area (Å²) in [6.45, 7) is 7.03. The maximum atomic E-state index is 13.2. The Hall–Kier alpha value is -7.84. The largest absolute Gasteiger partial charge is 0.456 e. The van der Waals surface area contributed by atoms with Crippen molar-refractivity contribution in [3.63, 3.8) is 0 Å². The molecule has 7 rings (SSSR count). The van der Waals surface area contributed by atoms with Crippen molar-refractivity contribution in [1.29, 1.82) is 0 Å². The predicted molar refractivity (Wildman–Crippen MR) is 248 cm³/mol. The Morgan fingerprint density at radius 2 is 0.915 bits per heavy atom. The van der Waals surface area contributed by atoms with Gasteiger partial charge in [-0.1, -0.05) is 72.8 Å². The number of carbonyl (C=O) groups excluding carboxylic acids is 6. The summed E-state index contributed by atoms with van der Waals surface area (Å²) in [6, 6.07) is 37.6. The van der Waals surface area contributed by atoms with Crippen LogP contribution in [0.25, 0.3) is 0 Å². The fourth-order valence-corrected chi connectivity index (χ4v) is 7.71. The number of hydrogen-bond donors (Lipinski definition) is 1. The van der Waals surface area contributed by atoms with E-state index >= 15 is 0 Å². The number of carbonyl (C=O) groups is 6. The van der Waals surface area contributed by atoms with Gasteiger partial charge in [0.25, 0.3) is 5.69 Å². The van der Waals surface area contributed by atoms with Crippen LogP contribution in [0.5, 0.6) is 0 Å². The van der Waals surface area contributed by atoms with E-state index in [0.29, 0.717) is 11.1 Å². The van der Waals surface area contributed by atoms with Crippen LogP contribution in [0.4, 0.5) is 5.69 Å². The summed E-state index contributed by atoms with van der Waals surface area (Å²) < 4.78 is 51.1. The topological polar surface area (TPSA) is 249 Å². The number of methoxy groups -OCH3 is 1. The van der Waals surface area contributed by atoms with Crippen molar-refractivity contribution in [1.82, 2.24) is 0 Å². The Labute approximate surface area is 407 Å². The average molecular weight is 978 g/mol. The van der Waals surface area contributed by atoms with Crippen LogP contribution in [0.3, 0.4) is 0 Å². The fraction of sp³-hybridized carbons (Fsp3) is 0.308. The van der Waals surface area contributed by atoms with E-state index in [1.807, 2.05) is 0 Å². The number of aliphatic hydroxyl groups is 1. The number of esters is 6. The van der Waals surface area contributed by atoms with Crippen molar-refractivity contribution in [2.45, 2.75) is 95.0 Å². The summed E-state index contributed by atoms with van der Waals surface area (Å²) in [4.78, 5) is 87.0. The highest BCUT2D eigenvalue weighted by molar-refractivity contribution is 5.92. The summed E-state index contributed by atoms with van der Waals surface area (Å²) in [5.74, 6) is -4.47. The van der Waals surface area contributed by atoms with E-state index in [2.05, 4.69) is 0 Å². The monoisotopic (exact) mass is 977 g/mol. The number of hydrogen-bond acceptors (Lipinski definition) is 18. The van der Waals surface area contributed by atoms with Gasteiger partial charge in [0.1, 0.15) is 18.3 Å². The second-order valence-electron chi connectivity index (χ2n) is 16.6. The van der Waals surface area contributed by atoms with Crippen LogP contribution in [-0.4, -0.2) is 113 Å². The van der Waals surface area contributed by atoms with Gasteiger partial charge < -0.3 is 47.7 Å². The third kappa shape index (κ3) is 12.5. The number of rotatable bonds is 15. The minimum absolute atomic E-state index is 0.0121. The molecule has 2 unspecified atom stereocenters. The molecule has 0 amide bonds. The van der Waals surface area contributed by atoms with Crippen LogP contribution < -0.4 is 0 Å². The molecule has 19 nitrogen and oxygen atoms in total. The van der Waals surface area contributed by atoms with Crippen LogP contribution >= 0.6 is 0 Å². The molecular weight excluding hydrogens is 927 g/mol. The number of nitro groups is 1. The zero-order valence-electron chi connectivity index (χ0n) is 39.3. The van der Waals surface area contributed by atoms with Gasteiger partial charge in [0.05, 0.1) is 38.8 Å². The van der Waals surface area contributed by atoms with E-state index in [1.54, 1.807) is 104 Å². The molecule has 0 saturated carbocycles. The molecule has 2 aliphatic heterocycles. The van der Waals surface area contributed by atoms with Crippen LogP contribution in [0.2, 0.25) is 0 Å². The van der Waals surface area contributed by atoms with E-state index in [-0.39, 0.29) is 22.4 Å². The number of benzene rings is 5. The first-order valence-corrected chi connectivity index (χ1v) is 22.1. The lowest BCUT2D eigenvalue weighted by Gasteiger charge is -2.34. The van der Waals surface area contributed by atoms with Crippen LogP contribution in [-0.2, 0) is 47.4 Å². The number of nitrogens with zero attached hydrogens (tertiary/aromatic N) is 1. The normalized spacial score (nSPS) is 24.1. The van der Waals surface area contributed by atoms with Crippen LogP contribution in [0.15, 0.2) is 146 Å². The lowest BCUT2D eigenvalue weighted by atomic mass is 9.94. The van der Waals surface area contributed by atoms with Gasteiger partial charge in [0.15, 0.2) is 17.8 Å². The Morgan fingerprint density at radius 1 is 0.549 bits per heavy atom. The van der Waals surface area contributed by atoms with Crippen molar-refractivity contribution in [3.05, 3.63) is 184 Å². The van der Waals surface area contributed by atoms with E-state index in [9.17, 15) is 44.0 Å². The molecule has 0 aromatic heterocycles.